The highest BCUT2D eigenvalue weighted by molar-refractivity contribution is 9.10. The summed E-state index contributed by atoms with van der Waals surface area (Å²) in [6.45, 7) is 1.17. The molecule has 1 unspecified atom stereocenters. The van der Waals surface area contributed by atoms with Crippen LogP contribution in [0.2, 0.25) is 0 Å². The molecule has 0 spiro atoms. The summed E-state index contributed by atoms with van der Waals surface area (Å²) < 4.78 is 1.85. The molecule has 0 amide bonds. The van der Waals surface area contributed by atoms with E-state index in [1.54, 1.807) is 0 Å². The minimum Gasteiger partial charge on any atom is -0.309 e. The van der Waals surface area contributed by atoms with Crippen molar-refractivity contribution < 1.29 is 0 Å². The summed E-state index contributed by atoms with van der Waals surface area (Å²) >= 11 is 5.69. The fourth-order valence-corrected chi connectivity index (χ4v) is 4.04. The van der Waals surface area contributed by atoms with Gasteiger partial charge in [-0.2, -0.15) is 11.8 Å². The van der Waals surface area contributed by atoms with E-state index in [1.807, 2.05) is 11.8 Å². The normalized spacial score (nSPS) is 24.7. The van der Waals surface area contributed by atoms with Gasteiger partial charge in [-0.3, -0.25) is 0 Å². The second-order valence-electron chi connectivity index (χ2n) is 5.17. The molecule has 3 rings (SSSR count). The lowest BCUT2D eigenvalue weighted by molar-refractivity contribution is 0.524. The number of nitrogens with one attached hydrogen (secondary N) is 1. The van der Waals surface area contributed by atoms with Gasteiger partial charge < -0.3 is 5.32 Å². The largest absolute Gasteiger partial charge is 0.309 e. The SMILES string of the molecule is CSC1(CNC2CCc3c(Br)cccc32)CC1. The van der Waals surface area contributed by atoms with Gasteiger partial charge in [-0.15, -0.1) is 0 Å². The van der Waals surface area contributed by atoms with Crippen LogP contribution < -0.4 is 5.32 Å². The third-order valence-corrected chi connectivity index (χ3v) is 6.29. The van der Waals surface area contributed by atoms with Crippen molar-refractivity contribution in [2.45, 2.75) is 36.5 Å². The number of rotatable bonds is 4. The second-order valence-corrected chi connectivity index (χ2v) is 7.30. The number of hydrogen-bond donors (Lipinski definition) is 1. The molecule has 17 heavy (non-hydrogen) atoms. The molecule has 1 aromatic carbocycles. The van der Waals surface area contributed by atoms with E-state index >= 15 is 0 Å². The van der Waals surface area contributed by atoms with Crippen molar-refractivity contribution in [1.29, 1.82) is 0 Å². The maximum atomic E-state index is 3.78. The van der Waals surface area contributed by atoms with Crippen LogP contribution in [-0.2, 0) is 6.42 Å². The molecule has 1 nitrogen and oxygen atoms in total. The molecule has 0 saturated heterocycles. The zero-order valence-electron chi connectivity index (χ0n) is 10.1. The first-order chi connectivity index (χ1) is 8.24. The Hall–Kier alpha value is 0.0100. The lowest BCUT2D eigenvalue weighted by atomic mass is 10.1. The summed E-state index contributed by atoms with van der Waals surface area (Å²) in [5.41, 5.74) is 3.02. The first-order valence-corrected chi connectivity index (χ1v) is 8.32. The smallest absolute Gasteiger partial charge is 0.0327 e. The Labute approximate surface area is 116 Å². The lowest BCUT2D eigenvalue weighted by Crippen LogP contribution is -2.28. The molecular formula is C14H18BrNS. The van der Waals surface area contributed by atoms with Crippen LogP contribution in [0, 0.1) is 0 Å². The Morgan fingerprint density at radius 2 is 2.29 bits per heavy atom. The van der Waals surface area contributed by atoms with E-state index in [0.29, 0.717) is 10.8 Å². The summed E-state index contributed by atoms with van der Waals surface area (Å²) in [5.74, 6) is 0. The number of hydrogen-bond acceptors (Lipinski definition) is 2. The third-order valence-electron chi connectivity index (χ3n) is 4.12. The molecular weight excluding hydrogens is 294 g/mol. The molecule has 2 aliphatic carbocycles. The maximum absolute atomic E-state index is 3.78. The van der Waals surface area contributed by atoms with Crippen molar-refractivity contribution in [2.24, 2.45) is 0 Å². The Kier molecular flexibility index (Phi) is 3.26. The molecule has 1 fully saturated rings. The first-order valence-electron chi connectivity index (χ1n) is 6.30. The molecule has 2 aliphatic rings. The molecule has 1 saturated carbocycles. The number of thioether (sulfide) groups is 1. The summed E-state index contributed by atoms with van der Waals surface area (Å²) in [7, 11) is 0. The van der Waals surface area contributed by atoms with Crippen LogP contribution in [-0.4, -0.2) is 17.5 Å². The van der Waals surface area contributed by atoms with Crippen LogP contribution in [0.3, 0.4) is 0 Å². The van der Waals surface area contributed by atoms with Crippen molar-refractivity contribution in [2.75, 3.05) is 12.8 Å². The minimum atomic E-state index is 0.564. The van der Waals surface area contributed by atoms with Crippen molar-refractivity contribution in [1.82, 2.24) is 5.32 Å². The maximum Gasteiger partial charge on any atom is 0.0327 e. The second kappa shape index (κ2) is 4.60. The third kappa shape index (κ3) is 2.29. The molecule has 0 aliphatic heterocycles. The van der Waals surface area contributed by atoms with Crippen molar-refractivity contribution in [3.8, 4) is 0 Å². The number of benzene rings is 1. The fraction of sp³-hybridized carbons (Fsp3) is 0.571. The van der Waals surface area contributed by atoms with Crippen LogP contribution >= 0.6 is 27.7 Å². The van der Waals surface area contributed by atoms with E-state index in [2.05, 4.69) is 45.7 Å². The zero-order valence-corrected chi connectivity index (χ0v) is 12.5. The first kappa shape index (κ1) is 12.1. The topological polar surface area (TPSA) is 12.0 Å². The number of fused-ring (bicyclic) bond motifs is 1. The molecule has 1 N–H and O–H groups in total. The van der Waals surface area contributed by atoms with Crippen LogP contribution in [0.1, 0.15) is 36.4 Å². The molecule has 0 aromatic heterocycles. The van der Waals surface area contributed by atoms with Crippen molar-refractivity contribution >= 4 is 27.7 Å². The lowest BCUT2D eigenvalue weighted by Gasteiger charge is -2.19. The summed E-state index contributed by atoms with van der Waals surface area (Å²) in [5, 5.41) is 3.78. The van der Waals surface area contributed by atoms with Gasteiger partial charge in [-0.25, -0.2) is 0 Å². The predicted molar refractivity (Wildman–Crippen MR) is 78.7 cm³/mol. The van der Waals surface area contributed by atoms with Gasteiger partial charge in [0.2, 0.25) is 0 Å². The Morgan fingerprint density at radius 3 is 3.00 bits per heavy atom. The van der Waals surface area contributed by atoms with E-state index in [1.165, 1.54) is 47.8 Å². The molecule has 0 heterocycles. The van der Waals surface area contributed by atoms with Crippen molar-refractivity contribution in [3.63, 3.8) is 0 Å². The summed E-state index contributed by atoms with van der Waals surface area (Å²) in [6, 6.07) is 7.17. The number of halogens is 1. The minimum absolute atomic E-state index is 0.564. The van der Waals surface area contributed by atoms with Gasteiger partial charge >= 0.3 is 0 Å². The zero-order chi connectivity index (χ0) is 11.9. The van der Waals surface area contributed by atoms with E-state index in [-0.39, 0.29) is 0 Å². The van der Waals surface area contributed by atoms with E-state index in [9.17, 15) is 0 Å². The monoisotopic (exact) mass is 311 g/mol. The highest BCUT2D eigenvalue weighted by Gasteiger charge is 2.42. The summed E-state index contributed by atoms with van der Waals surface area (Å²) in [4.78, 5) is 0. The van der Waals surface area contributed by atoms with Crippen LogP contribution in [0.15, 0.2) is 22.7 Å². The Bertz CT molecular complexity index is 428. The van der Waals surface area contributed by atoms with E-state index in [4.69, 9.17) is 0 Å². The average molecular weight is 312 g/mol. The molecule has 92 valence electrons. The predicted octanol–water partition coefficient (Wildman–Crippen LogP) is 3.92. The van der Waals surface area contributed by atoms with Gasteiger partial charge in [0.1, 0.15) is 0 Å². The molecule has 1 atom stereocenters. The quantitative estimate of drug-likeness (QED) is 0.904. The molecule has 3 heteroatoms. The van der Waals surface area contributed by atoms with Gasteiger partial charge in [-0.05, 0) is 49.1 Å². The van der Waals surface area contributed by atoms with E-state index in [0.717, 1.165) is 0 Å². The standard InChI is InChI=1S/C14H18BrNS/c1-17-14(7-8-14)9-16-13-6-5-10-11(13)3-2-4-12(10)15/h2-4,13,16H,5-9H2,1H3. The van der Waals surface area contributed by atoms with Crippen LogP contribution in [0.25, 0.3) is 0 Å². The van der Waals surface area contributed by atoms with Crippen molar-refractivity contribution in [3.05, 3.63) is 33.8 Å². The van der Waals surface area contributed by atoms with E-state index < -0.39 is 0 Å². The Morgan fingerprint density at radius 1 is 1.47 bits per heavy atom. The van der Waals surface area contributed by atoms with Gasteiger partial charge in [0.25, 0.3) is 0 Å². The van der Waals surface area contributed by atoms with Crippen LogP contribution in [0.5, 0.6) is 0 Å². The van der Waals surface area contributed by atoms with Crippen LogP contribution in [0.4, 0.5) is 0 Å². The van der Waals surface area contributed by atoms with Gasteiger partial charge in [-0.1, -0.05) is 28.1 Å². The van der Waals surface area contributed by atoms with Gasteiger partial charge in [0.05, 0.1) is 0 Å². The summed E-state index contributed by atoms with van der Waals surface area (Å²) in [6.07, 6.45) is 7.48. The Balaban J connectivity index is 1.69. The molecule has 0 bridgehead atoms. The molecule has 1 aromatic rings. The fourth-order valence-electron chi connectivity index (χ4n) is 2.72. The average Bonchev–Trinajstić information content (AvgIpc) is 3.01. The van der Waals surface area contributed by atoms with Gasteiger partial charge in [0, 0.05) is 21.8 Å². The highest BCUT2D eigenvalue weighted by atomic mass is 79.9. The molecule has 0 radical (unpaired) electrons. The van der Waals surface area contributed by atoms with Gasteiger partial charge in [0.15, 0.2) is 0 Å². The highest BCUT2D eigenvalue weighted by Crippen LogP contribution is 2.47.